The number of hydrogen-bond donors (Lipinski definition) is 1. The second-order valence-corrected chi connectivity index (χ2v) is 8.37. The summed E-state index contributed by atoms with van der Waals surface area (Å²) >= 11 is 1.68. The molecule has 2 heterocycles. The van der Waals surface area contributed by atoms with Gasteiger partial charge in [-0.3, -0.25) is 9.59 Å². The molecule has 1 saturated heterocycles. The monoisotopic (exact) mass is 398 g/mol. The Hall–Kier alpha value is -2.05. The van der Waals surface area contributed by atoms with Crippen LogP contribution < -0.4 is 5.32 Å². The normalized spacial score (nSPS) is 25.4. The van der Waals surface area contributed by atoms with E-state index in [1.54, 1.807) is 11.8 Å². The first kappa shape index (κ1) is 19.3. The van der Waals surface area contributed by atoms with Crippen LogP contribution in [0.25, 0.3) is 0 Å². The molecule has 0 bridgehead atoms. The fraction of sp³-hybridized carbons (Fsp3) is 0.455. The molecule has 2 aliphatic heterocycles. The maximum absolute atomic E-state index is 13.5. The number of ketones is 1. The van der Waals surface area contributed by atoms with Gasteiger partial charge in [-0.15, -0.1) is 11.8 Å². The number of Topliss-reactive ketones (excluding diaryl/α,β-unsaturated/α-hetero) is 1. The smallest absolute Gasteiger partial charge is 0.232 e. The molecule has 2 atom stereocenters. The standard InChI is InChI=1S/C22H26N2O3S/c1-14-19(22(26)24-10-12-27-13-11-24)20(15-6-8-16(28-2)9-7-15)21-17(23-14)4-3-5-18(21)25/h6-9,19-20,23H,1,3-5,10-13H2,2H3. The van der Waals surface area contributed by atoms with Crippen LogP contribution in [0.5, 0.6) is 0 Å². The molecule has 0 spiro atoms. The summed E-state index contributed by atoms with van der Waals surface area (Å²) < 4.78 is 5.41. The van der Waals surface area contributed by atoms with Gasteiger partial charge in [0.05, 0.1) is 19.1 Å². The lowest BCUT2D eigenvalue weighted by Gasteiger charge is -2.41. The molecule has 2 unspecified atom stereocenters. The van der Waals surface area contributed by atoms with E-state index in [9.17, 15) is 9.59 Å². The number of ether oxygens (including phenoxy) is 1. The van der Waals surface area contributed by atoms with Crippen molar-refractivity contribution in [2.45, 2.75) is 30.1 Å². The topological polar surface area (TPSA) is 58.6 Å². The van der Waals surface area contributed by atoms with Crippen molar-refractivity contribution < 1.29 is 14.3 Å². The quantitative estimate of drug-likeness (QED) is 0.793. The zero-order valence-electron chi connectivity index (χ0n) is 16.2. The molecule has 0 radical (unpaired) electrons. The molecule has 1 amide bonds. The predicted octanol–water partition coefficient (Wildman–Crippen LogP) is 3.09. The summed E-state index contributed by atoms with van der Waals surface area (Å²) in [5.74, 6) is -0.563. The number of allylic oxidation sites excluding steroid dienone is 2. The van der Waals surface area contributed by atoms with E-state index in [1.165, 1.54) is 0 Å². The van der Waals surface area contributed by atoms with Gasteiger partial charge >= 0.3 is 0 Å². The molecule has 1 aromatic carbocycles. The van der Waals surface area contributed by atoms with E-state index in [2.05, 4.69) is 36.2 Å². The summed E-state index contributed by atoms with van der Waals surface area (Å²) in [5, 5.41) is 3.32. The Morgan fingerprint density at radius 3 is 2.61 bits per heavy atom. The van der Waals surface area contributed by atoms with E-state index in [-0.39, 0.29) is 17.6 Å². The lowest BCUT2D eigenvalue weighted by Crippen LogP contribution is -2.49. The van der Waals surface area contributed by atoms with E-state index in [4.69, 9.17) is 4.74 Å². The molecule has 148 valence electrons. The highest BCUT2D eigenvalue weighted by Gasteiger charge is 2.44. The molecule has 6 heteroatoms. The Labute approximate surface area is 170 Å². The van der Waals surface area contributed by atoms with Crippen LogP contribution in [-0.4, -0.2) is 49.1 Å². The van der Waals surface area contributed by atoms with Gasteiger partial charge in [0.1, 0.15) is 0 Å². The first-order valence-corrected chi connectivity index (χ1v) is 11.0. The van der Waals surface area contributed by atoms with Gasteiger partial charge in [-0.2, -0.15) is 0 Å². The first-order chi connectivity index (χ1) is 13.6. The van der Waals surface area contributed by atoms with E-state index in [1.807, 2.05) is 11.2 Å². The SMILES string of the molecule is C=C1NC2=C(C(=O)CCC2)C(c2ccc(SC)cc2)C1C(=O)N1CCOCC1. The molecule has 1 aliphatic carbocycles. The molecule has 5 nitrogen and oxygen atoms in total. The number of carbonyl (C=O) groups is 2. The maximum atomic E-state index is 13.5. The number of hydrogen-bond acceptors (Lipinski definition) is 5. The van der Waals surface area contributed by atoms with E-state index in [0.717, 1.165) is 34.6 Å². The number of carbonyl (C=O) groups excluding carboxylic acids is 2. The number of morpholine rings is 1. The Morgan fingerprint density at radius 2 is 1.93 bits per heavy atom. The number of thioether (sulfide) groups is 1. The molecule has 1 fully saturated rings. The van der Waals surface area contributed by atoms with Crippen LogP contribution in [0.15, 0.2) is 52.7 Å². The summed E-state index contributed by atoms with van der Waals surface area (Å²) in [6, 6.07) is 8.24. The Bertz CT molecular complexity index is 825. The van der Waals surface area contributed by atoms with E-state index in [0.29, 0.717) is 38.4 Å². The van der Waals surface area contributed by atoms with Crippen molar-refractivity contribution in [3.63, 3.8) is 0 Å². The minimum atomic E-state index is -0.473. The van der Waals surface area contributed by atoms with Crippen molar-refractivity contribution >= 4 is 23.5 Å². The second kappa shape index (κ2) is 8.13. The summed E-state index contributed by atoms with van der Waals surface area (Å²) in [6.45, 7) is 6.47. The van der Waals surface area contributed by atoms with Crippen molar-refractivity contribution in [2.24, 2.45) is 5.92 Å². The van der Waals surface area contributed by atoms with Crippen LogP contribution >= 0.6 is 11.8 Å². The molecular weight excluding hydrogens is 372 g/mol. The van der Waals surface area contributed by atoms with Crippen molar-refractivity contribution in [1.82, 2.24) is 10.2 Å². The number of amides is 1. The van der Waals surface area contributed by atoms with Gasteiger partial charge in [-0.25, -0.2) is 0 Å². The van der Waals surface area contributed by atoms with Gasteiger partial charge in [-0.1, -0.05) is 18.7 Å². The number of nitrogens with zero attached hydrogens (tertiary/aromatic N) is 1. The van der Waals surface area contributed by atoms with Crippen LogP contribution in [0.1, 0.15) is 30.7 Å². The average Bonchev–Trinajstić information content (AvgIpc) is 2.73. The summed E-state index contributed by atoms with van der Waals surface area (Å²) in [7, 11) is 0. The molecule has 28 heavy (non-hydrogen) atoms. The fourth-order valence-electron chi connectivity index (χ4n) is 4.44. The van der Waals surface area contributed by atoms with Crippen LogP contribution in [0.2, 0.25) is 0 Å². The van der Waals surface area contributed by atoms with Crippen LogP contribution in [0.4, 0.5) is 0 Å². The largest absolute Gasteiger partial charge is 0.378 e. The highest BCUT2D eigenvalue weighted by atomic mass is 32.2. The van der Waals surface area contributed by atoms with Crippen LogP contribution in [0.3, 0.4) is 0 Å². The number of benzene rings is 1. The lowest BCUT2D eigenvalue weighted by atomic mass is 9.71. The van der Waals surface area contributed by atoms with Crippen molar-refractivity contribution in [3.8, 4) is 0 Å². The van der Waals surface area contributed by atoms with Crippen molar-refractivity contribution in [2.75, 3.05) is 32.6 Å². The third-order valence-corrected chi connectivity index (χ3v) is 6.59. The lowest BCUT2D eigenvalue weighted by molar-refractivity contribution is -0.139. The van der Waals surface area contributed by atoms with E-state index < -0.39 is 5.92 Å². The van der Waals surface area contributed by atoms with Gasteiger partial charge in [0, 0.05) is 47.3 Å². The van der Waals surface area contributed by atoms with Gasteiger partial charge in [0.25, 0.3) is 0 Å². The predicted molar refractivity (Wildman–Crippen MR) is 110 cm³/mol. The highest BCUT2D eigenvalue weighted by molar-refractivity contribution is 7.98. The number of nitrogens with one attached hydrogen (secondary N) is 1. The van der Waals surface area contributed by atoms with Crippen LogP contribution in [-0.2, 0) is 14.3 Å². The minimum Gasteiger partial charge on any atom is -0.378 e. The third kappa shape index (κ3) is 3.51. The summed E-state index contributed by atoms with van der Waals surface area (Å²) in [6.07, 6.45) is 4.26. The first-order valence-electron chi connectivity index (χ1n) is 9.82. The molecule has 3 aliphatic rings. The van der Waals surface area contributed by atoms with Gasteiger partial charge < -0.3 is 15.0 Å². The Morgan fingerprint density at radius 1 is 1.21 bits per heavy atom. The molecular formula is C22H26N2O3S. The highest BCUT2D eigenvalue weighted by Crippen LogP contribution is 2.44. The Balaban J connectivity index is 1.77. The molecule has 0 saturated carbocycles. The van der Waals surface area contributed by atoms with Crippen molar-refractivity contribution in [1.29, 1.82) is 0 Å². The summed E-state index contributed by atoms with van der Waals surface area (Å²) in [5.41, 5.74) is 3.44. The maximum Gasteiger partial charge on any atom is 0.232 e. The molecule has 1 aromatic rings. The molecule has 4 rings (SSSR count). The number of rotatable bonds is 3. The Kier molecular flexibility index (Phi) is 5.60. The zero-order chi connectivity index (χ0) is 19.7. The third-order valence-electron chi connectivity index (χ3n) is 5.85. The zero-order valence-corrected chi connectivity index (χ0v) is 17.0. The van der Waals surface area contributed by atoms with Crippen molar-refractivity contribution in [3.05, 3.63) is 53.4 Å². The average molecular weight is 399 g/mol. The van der Waals surface area contributed by atoms with Gasteiger partial charge in [0.2, 0.25) is 5.91 Å². The van der Waals surface area contributed by atoms with Crippen LogP contribution in [0, 0.1) is 5.92 Å². The van der Waals surface area contributed by atoms with E-state index >= 15 is 0 Å². The van der Waals surface area contributed by atoms with Gasteiger partial charge in [-0.05, 0) is 36.8 Å². The fourth-order valence-corrected chi connectivity index (χ4v) is 4.84. The molecule has 0 aromatic heterocycles. The second-order valence-electron chi connectivity index (χ2n) is 7.49. The summed E-state index contributed by atoms with van der Waals surface area (Å²) in [4.78, 5) is 29.4. The van der Waals surface area contributed by atoms with Gasteiger partial charge in [0.15, 0.2) is 5.78 Å². The molecule has 1 N–H and O–H groups in total. The minimum absolute atomic E-state index is 0.0321.